The third-order valence-corrected chi connectivity index (χ3v) is 3.87. The lowest BCUT2D eigenvalue weighted by molar-refractivity contribution is -0.142. The molecule has 0 heterocycles. The predicted molar refractivity (Wildman–Crippen MR) is 73.7 cm³/mol. The van der Waals surface area contributed by atoms with E-state index < -0.39 is 5.97 Å². The van der Waals surface area contributed by atoms with Crippen LogP contribution < -0.4 is 5.32 Å². The van der Waals surface area contributed by atoms with Gasteiger partial charge in [0.1, 0.15) is 5.75 Å². The maximum atomic E-state index is 12.1. The van der Waals surface area contributed by atoms with E-state index in [4.69, 9.17) is 5.11 Å². The summed E-state index contributed by atoms with van der Waals surface area (Å²) in [6.45, 7) is 1.74. The molecular formula is C15H19NO4. The summed E-state index contributed by atoms with van der Waals surface area (Å²) in [4.78, 5) is 22.9. The second kappa shape index (κ2) is 5.94. The van der Waals surface area contributed by atoms with Gasteiger partial charge in [-0.25, -0.2) is 0 Å². The Morgan fingerprint density at radius 2 is 1.85 bits per heavy atom. The van der Waals surface area contributed by atoms with Crippen LogP contribution in [0, 0.1) is 12.8 Å². The number of carboxylic acids is 1. The van der Waals surface area contributed by atoms with Crippen LogP contribution >= 0.6 is 0 Å². The van der Waals surface area contributed by atoms with Gasteiger partial charge in [0.15, 0.2) is 0 Å². The largest absolute Gasteiger partial charge is 0.508 e. The van der Waals surface area contributed by atoms with Gasteiger partial charge in [-0.2, -0.15) is 0 Å². The minimum atomic E-state index is -0.746. The number of carbonyl (C=O) groups excluding carboxylic acids is 1. The number of hydrogen-bond donors (Lipinski definition) is 3. The number of aliphatic carboxylic acids is 1. The normalized spacial score (nSPS) is 22.2. The summed E-state index contributed by atoms with van der Waals surface area (Å²) in [5, 5.41) is 21.3. The number of phenols is 1. The second-order valence-corrected chi connectivity index (χ2v) is 5.36. The van der Waals surface area contributed by atoms with E-state index in [9.17, 15) is 14.7 Å². The van der Waals surface area contributed by atoms with Gasteiger partial charge in [0.25, 0.3) is 5.91 Å². The van der Waals surface area contributed by atoms with Crippen molar-refractivity contribution in [1.82, 2.24) is 5.32 Å². The molecular weight excluding hydrogens is 258 g/mol. The summed E-state index contributed by atoms with van der Waals surface area (Å²) in [6.07, 6.45) is 2.60. The zero-order valence-electron chi connectivity index (χ0n) is 11.4. The molecule has 0 spiro atoms. The molecule has 1 fully saturated rings. The van der Waals surface area contributed by atoms with E-state index in [0.717, 1.165) is 0 Å². The average Bonchev–Trinajstić information content (AvgIpc) is 2.42. The Hall–Kier alpha value is -2.04. The number of benzene rings is 1. The van der Waals surface area contributed by atoms with Crippen LogP contribution in [0.5, 0.6) is 5.75 Å². The van der Waals surface area contributed by atoms with Gasteiger partial charge in [-0.15, -0.1) is 0 Å². The first-order valence-electron chi connectivity index (χ1n) is 6.80. The molecule has 20 heavy (non-hydrogen) atoms. The predicted octanol–water partition coefficient (Wildman–Crippen LogP) is 2.07. The smallest absolute Gasteiger partial charge is 0.306 e. The van der Waals surface area contributed by atoms with E-state index in [1.807, 2.05) is 0 Å². The Bertz CT molecular complexity index is 519. The third-order valence-electron chi connectivity index (χ3n) is 3.87. The minimum Gasteiger partial charge on any atom is -0.508 e. The zero-order chi connectivity index (χ0) is 14.7. The number of aromatic hydroxyl groups is 1. The number of amides is 1. The third kappa shape index (κ3) is 3.29. The van der Waals surface area contributed by atoms with Crippen LogP contribution in [-0.4, -0.2) is 28.1 Å². The summed E-state index contributed by atoms with van der Waals surface area (Å²) < 4.78 is 0. The van der Waals surface area contributed by atoms with E-state index in [1.54, 1.807) is 19.1 Å². The molecule has 0 aromatic heterocycles. The van der Waals surface area contributed by atoms with E-state index in [2.05, 4.69) is 5.32 Å². The van der Waals surface area contributed by atoms with Gasteiger partial charge in [-0.05, 0) is 56.4 Å². The molecule has 1 aromatic carbocycles. The molecule has 1 aliphatic carbocycles. The van der Waals surface area contributed by atoms with Gasteiger partial charge in [-0.3, -0.25) is 9.59 Å². The molecule has 3 N–H and O–H groups in total. The Balaban J connectivity index is 1.92. The summed E-state index contributed by atoms with van der Waals surface area (Å²) in [7, 11) is 0. The summed E-state index contributed by atoms with van der Waals surface area (Å²) in [5.41, 5.74) is 1.17. The number of phenolic OH excluding ortho intramolecular Hbond substituents is 1. The van der Waals surface area contributed by atoms with Crippen LogP contribution in [0.2, 0.25) is 0 Å². The number of nitrogens with one attached hydrogen (secondary N) is 1. The first-order valence-corrected chi connectivity index (χ1v) is 6.80. The topological polar surface area (TPSA) is 86.6 Å². The number of aryl methyl sites for hydroxylation is 1. The van der Waals surface area contributed by atoms with E-state index in [0.29, 0.717) is 36.8 Å². The molecule has 1 saturated carbocycles. The average molecular weight is 277 g/mol. The maximum absolute atomic E-state index is 12.1. The monoisotopic (exact) mass is 277 g/mol. The van der Waals surface area contributed by atoms with Crippen molar-refractivity contribution in [3.63, 3.8) is 0 Å². The number of hydrogen-bond acceptors (Lipinski definition) is 3. The molecule has 0 saturated heterocycles. The van der Waals surface area contributed by atoms with Crippen molar-refractivity contribution in [1.29, 1.82) is 0 Å². The van der Waals surface area contributed by atoms with E-state index in [-0.39, 0.29) is 23.6 Å². The minimum absolute atomic E-state index is 0.0345. The zero-order valence-corrected chi connectivity index (χ0v) is 11.4. The van der Waals surface area contributed by atoms with Gasteiger partial charge in [-0.1, -0.05) is 0 Å². The van der Waals surface area contributed by atoms with Crippen molar-refractivity contribution in [2.75, 3.05) is 0 Å². The Labute approximate surface area is 117 Å². The fraction of sp³-hybridized carbons (Fsp3) is 0.467. The molecule has 5 nitrogen and oxygen atoms in total. The highest BCUT2D eigenvalue weighted by Gasteiger charge is 2.26. The van der Waals surface area contributed by atoms with Crippen molar-refractivity contribution in [2.24, 2.45) is 5.92 Å². The maximum Gasteiger partial charge on any atom is 0.306 e. The van der Waals surface area contributed by atoms with Gasteiger partial charge in [0.2, 0.25) is 0 Å². The van der Waals surface area contributed by atoms with Crippen LogP contribution in [-0.2, 0) is 4.79 Å². The molecule has 0 unspecified atom stereocenters. The van der Waals surface area contributed by atoms with Crippen molar-refractivity contribution in [2.45, 2.75) is 38.6 Å². The molecule has 5 heteroatoms. The molecule has 0 radical (unpaired) electrons. The number of carboxylic acid groups (broad SMARTS) is 1. The van der Waals surface area contributed by atoms with Crippen molar-refractivity contribution in [3.8, 4) is 5.75 Å². The first-order chi connectivity index (χ1) is 9.47. The summed E-state index contributed by atoms with van der Waals surface area (Å²) >= 11 is 0. The molecule has 108 valence electrons. The first kappa shape index (κ1) is 14.4. The molecule has 1 aliphatic rings. The van der Waals surface area contributed by atoms with Crippen LogP contribution in [0.1, 0.15) is 41.6 Å². The van der Waals surface area contributed by atoms with Gasteiger partial charge in [0.05, 0.1) is 5.92 Å². The Morgan fingerprint density at radius 3 is 2.40 bits per heavy atom. The fourth-order valence-corrected chi connectivity index (χ4v) is 2.55. The Morgan fingerprint density at radius 1 is 1.20 bits per heavy atom. The van der Waals surface area contributed by atoms with Gasteiger partial charge in [0, 0.05) is 11.6 Å². The lowest BCUT2D eigenvalue weighted by Gasteiger charge is -2.26. The number of carbonyl (C=O) groups is 2. The highest BCUT2D eigenvalue weighted by molar-refractivity contribution is 5.94. The Kier molecular flexibility index (Phi) is 4.27. The summed E-state index contributed by atoms with van der Waals surface area (Å²) in [5.74, 6) is -1.03. The SMILES string of the molecule is Cc1cc(C(=O)NC2CCC(C(=O)O)CC2)ccc1O. The molecule has 0 atom stereocenters. The lowest BCUT2D eigenvalue weighted by atomic mass is 9.86. The van der Waals surface area contributed by atoms with Crippen LogP contribution in [0.4, 0.5) is 0 Å². The van der Waals surface area contributed by atoms with Crippen LogP contribution in [0.25, 0.3) is 0 Å². The highest BCUT2D eigenvalue weighted by Crippen LogP contribution is 2.25. The number of rotatable bonds is 3. The molecule has 2 rings (SSSR count). The van der Waals surface area contributed by atoms with E-state index in [1.165, 1.54) is 6.07 Å². The molecule has 0 bridgehead atoms. The highest BCUT2D eigenvalue weighted by atomic mass is 16.4. The van der Waals surface area contributed by atoms with Crippen molar-refractivity contribution >= 4 is 11.9 Å². The standard InChI is InChI=1S/C15H19NO4/c1-9-8-11(4-7-13(9)17)14(18)16-12-5-2-10(3-6-12)15(19)20/h4,7-8,10,12,17H,2-3,5-6H2,1H3,(H,16,18)(H,19,20). The van der Waals surface area contributed by atoms with Crippen molar-refractivity contribution < 1.29 is 19.8 Å². The van der Waals surface area contributed by atoms with Crippen LogP contribution in [0.15, 0.2) is 18.2 Å². The quantitative estimate of drug-likeness (QED) is 0.789. The van der Waals surface area contributed by atoms with E-state index >= 15 is 0 Å². The second-order valence-electron chi connectivity index (χ2n) is 5.36. The fourth-order valence-electron chi connectivity index (χ4n) is 2.55. The lowest BCUT2D eigenvalue weighted by Crippen LogP contribution is -2.38. The molecule has 1 amide bonds. The molecule has 0 aliphatic heterocycles. The van der Waals surface area contributed by atoms with Gasteiger partial charge >= 0.3 is 5.97 Å². The van der Waals surface area contributed by atoms with Crippen molar-refractivity contribution in [3.05, 3.63) is 29.3 Å². The van der Waals surface area contributed by atoms with Crippen LogP contribution in [0.3, 0.4) is 0 Å². The van der Waals surface area contributed by atoms with Gasteiger partial charge < -0.3 is 15.5 Å². The molecule has 1 aromatic rings. The summed E-state index contributed by atoms with van der Waals surface area (Å²) in [6, 6.07) is 4.77.